The Morgan fingerprint density at radius 2 is 1.04 bits per heavy atom. The molecule has 0 spiro atoms. The topological polar surface area (TPSA) is 103 Å². The molecule has 6 nitrogen and oxygen atoms in total. The first-order valence-corrected chi connectivity index (χ1v) is 7.00. The molecule has 2 heterocycles. The minimum Gasteiger partial charge on any atom is -0.477 e. The molecule has 0 amide bonds. The summed E-state index contributed by atoms with van der Waals surface area (Å²) >= 11 is 0. The fourth-order valence-electron chi connectivity index (χ4n) is 1.05. The van der Waals surface area contributed by atoms with Crippen LogP contribution in [0.15, 0.2) is 49.1 Å². The molecule has 24 heavy (non-hydrogen) atoms. The second kappa shape index (κ2) is 21.7. The summed E-state index contributed by atoms with van der Waals surface area (Å²) in [4.78, 5) is 25.7. The van der Waals surface area contributed by atoms with E-state index in [1.165, 1.54) is 24.5 Å². The number of aromatic amines is 2. The summed E-state index contributed by atoms with van der Waals surface area (Å²) in [5.74, 6) is -1.82. The molecule has 0 fully saturated rings. The van der Waals surface area contributed by atoms with E-state index < -0.39 is 11.9 Å². The van der Waals surface area contributed by atoms with Gasteiger partial charge in [0.25, 0.3) is 0 Å². The van der Waals surface area contributed by atoms with Crippen LogP contribution in [-0.4, -0.2) is 22.2 Å². The Bertz CT molecular complexity index is 477. The number of aromatic carboxylic acids is 2. The molecule has 0 aliphatic heterocycles. The normalized spacial score (nSPS) is 7.17. The number of aromatic nitrogens is 2. The van der Waals surface area contributed by atoms with Crippen molar-refractivity contribution in [2.75, 3.05) is 0 Å². The molecule has 0 aliphatic rings. The second-order valence-corrected chi connectivity index (χ2v) is 3.19. The van der Waals surface area contributed by atoms with E-state index >= 15 is 0 Å². The van der Waals surface area contributed by atoms with E-state index in [0.717, 1.165) is 0 Å². The first-order chi connectivity index (χ1) is 10.6. The predicted molar refractivity (Wildman–Crippen MR) is 82.6 cm³/mol. The third-order valence-corrected chi connectivity index (χ3v) is 1.91. The molecular weight excluding hydrogens is 500 g/mol. The number of carboxylic acid groups (broad SMARTS) is 2. The molecule has 0 aliphatic carbocycles. The van der Waals surface area contributed by atoms with Crippen LogP contribution in [0.1, 0.15) is 48.4 Å². The van der Waals surface area contributed by atoms with Gasteiger partial charge < -0.3 is 10.2 Å². The molecular formula is C16H24Ag2N2O4+2. The molecule has 2 aromatic heterocycles. The van der Waals surface area contributed by atoms with Crippen LogP contribution >= 0.6 is 0 Å². The van der Waals surface area contributed by atoms with Crippen LogP contribution in [0, 0.1) is 0 Å². The maximum absolute atomic E-state index is 10.2. The first kappa shape index (κ1) is 30.6. The Hall–Kier alpha value is -1.28. The summed E-state index contributed by atoms with van der Waals surface area (Å²) in [6.45, 7) is 8.00. The van der Waals surface area contributed by atoms with Crippen molar-refractivity contribution in [2.45, 2.75) is 27.7 Å². The Kier molecular flexibility index (Phi) is 27.7. The average molecular weight is 524 g/mol. The van der Waals surface area contributed by atoms with E-state index in [2.05, 4.69) is 9.97 Å². The van der Waals surface area contributed by atoms with Crippen molar-refractivity contribution in [2.24, 2.45) is 0 Å². The van der Waals surface area contributed by atoms with Crippen LogP contribution in [0.4, 0.5) is 0 Å². The van der Waals surface area contributed by atoms with Gasteiger partial charge in [0.05, 0.1) is 0 Å². The molecule has 0 saturated heterocycles. The van der Waals surface area contributed by atoms with Crippen LogP contribution in [-0.2, 0) is 44.8 Å². The molecule has 4 N–H and O–H groups in total. The van der Waals surface area contributed by atoms with Crippen LogP contribution in [0.3, 0.4) is 0 Å². The first-order valence-electron chi connectivity index (χ1n) is 7.00. The molecule has 8 heteroatoms. The third kappa shape index (κ3) is 15.6. The maximum Gasteiger partial charge on any atom is 0.341 e. The van der Waals surface area contributed by atoms with E-state index in [0.29, 0.717) is 0 Å². The SMILES string of the molecule is CC.CC.O=C(O)c1ccc[nH+]c1.O=C(O)c1ccc[nH+]c1.[Ag].[Ag]. The van der Waals surface area contributed by atoms with E-state index in [4.69, 9.17) is 10.2 Å². The second-order valence-electron chi connectivity index (χ2n) is 3.19. The Labute approximate surface area is 173 Å². The summed E-state index contributed by atoms with van der Waals surface area (Å²) in [6, 6.07) is 6.34. The zero-order valence-corrected chi connectivity index (χ0v) is 16.9. The van der Waals surface area contributed by atoms with Gasteiger partial charge in [0, 0.05) is 56.9 Å². The largest absolute Gasteiger partial charge is 0.477 e. The molecule has 0 bridgehead atoms. The van der Waals surface area contributed by atoms with E-state index in [1.54, 1.807) is 24.5 Å². The van der Waals surface area contributed by atoms with Gasteiger partial charge in [-0.25, -0.2) is 19.6 Å². The molecule has 2 rings (SSSR count). The summed E-state index contributed by atoms with van der Waals surface area (Å²) in [7, 11) is 0. The van der Waals surface area contributed by atoms with Crippen LogP contribution in [0.5, 0.6) is 0 Å². The zero-order valence-electron chi connectivity index (χ0n) is 13.9. The summed E-state index contributed by atoms with van der Waals surface area (Å²) < 4.78 is 0. The quantitative estimate of drug-likeness (QED) is 0.590. The Morgan fingerprint density at radius 1 is 0.750 bits per heavy atom. The maximum atomic E-state index is 10.2. The number of nitrogens with one attached hydrogen (secondary N) is 2. The van der Waals surface area contributed by atoms with Crippen molar-refractivity contribution in [3.63, 3.8) is 0 Å². The summed E-state index contributed by atoms with van der Waals surface area (Å²) in [5.41, 5.74) is 0.551. The van der Waals surface area contributed by atoms with Gasteiger partial charge in [-0.1, -0.05) is 27.7 Å². The number of pyridine rings is 2. The van der Waals surface area contributed by atoms with Gasteiger partial charge in [0.1, 0.15) is 11.1 Å². The number of carboxylic acids is 2. The van der Waals surface area contributed by atoms with Gasteiger partial charge in [-0.3, -0.25) is 0 Å². The molecule has 2 radical (unpaired) electrons. The molecule has 0 saturated carbocycles. The van der Waals surface area contributed by atoms with Gasteiger partial charge in [0.2, 0.25) is 0 Å². The van der Waals surface area contributed by atoms with Crippen LogP contribution < -0.4 is 9.97 Å². The van der Waals surface area contributed by atoms with Crippen LogP contribution in [0.2, 0.25) is 0 Å². The predicted octanol–water partition coefficient (Wildman–Crippen LogP) is 2.45. The number of rotatable bonds is 2. The fourth-order valence-corrected chi connectivity index (χ4v) is 1.05. The average Bonchev–Trinajstić information content (AvgIpc) is 2.60. The summed E-state index contributed by atoms with van der Waals surface area (Å²) in [6.07, 6.45) is 6.18. The van der Waals surface area contributed by atoms with Crippen LogP contribution in [0.25, 0.3) is 0 Å². The van der Waals surface area contributed by atoms with Crippen molar-refractivity contribution < 1.29 is 74.5 Å². The van der Waals surface area contributed by atoms with Crippen molar-refractivity contribution in [1.82, 2.24) is 0 Å². The number of H-pyrrole nitrogens is 2. The van der Waals surface area contributed by atoms with Gasteiger partial charge >= 0.3 is 11.9 Å². The van der Waals surface area contributed by atoms with Gasteiger partial charge in [-0.2, -0.15) is 0 Å². The number of hydrogen-bond acceptors (Lipinski definition) is 2. The molecule has 2 aromatic rings. The molecule has 0 atom stereocenters. The number of hydrogen-bond donors (Lipinski definition) is 2. The van der Waals surface area contributed by atoms with Crippen molar-refractivity contribution in [3.8, 4) is 0 Å². The minimum absolute atomic E-state index is 0. The molecule has 0 aromatic carbocycles. The van der Waals surface area contributed by atoms with Gasteiger partial charge in [-0.15, -0.1) is 0 Å². The summed E-state index contributed by atoms with van der Waals surface area (Å²) in [5, 5.41) is 16.7. The van der Waals surface area contributed by atoms with Crippen molar-refractivity contribution >= 4 is 11.9 Å². The van der Waals surface area contributed by atoms with Crippen molar-refractivity contribution in [3.05, 3.63) is 60.2 Å². The monoisotopic (exact) mass is 522 g/mol. The standard InChI is InChI=1S/2C6H5NO2.2C2H6.2Ag/c2*8-6(9)5-2-1-3-7-4-5;2*1-2;;/h2*1-4H,(H,8,9);2*1-2H3;;/p+2. The molecule has 0 unspecified atom stereocenters. The Morgan fingerprint density at radius 3 is 1.17 bits per heavy atom. The van der Waals surface area contributed by atoms with Gasteiger partial charge in [-0.05, 0) is 12.1 Å². The minimum atomic E-state index is -0.910. The zero-order chi connectivity index (χ0) is 17.4. The van der Waals surface area contributed by atoms with E-state index in [1.807, 2.05) is 27.7 Å². The van der Waals surface area contributed by atoms with E-state index in [-0.39, 0.29) is 55.9 Å². The number of carbonyl (C=O) groups is 2. The van der Waals surface area contributed by atoms with Gasteiger partial charge in [0.15, 0.2) is 24.8 Å². The molecule has 142 valence electrons. The Balaban J connectivity index is -0.000000129. The van der Waals surface area contributed by atoms with Crippen molar-refractivity contribution in [1.29, 1.82) is 0 Å². The smallest absolute Gasteiger partial charge is 0.341 e. The third-order valence-electron chi connectivity index (χ3n) is 1.91. The fraction of sp³-hybridized carbons (Fsp3) is 0.250. The van der Waals surface area contributed by atoms with E-state index in [9.17, 15) is 9.59 Å².